The van der Waals surface area contributed by atoms with E-state index in [2.05, 4.69) is 25.8 Å². The van der Waals surface area contributed by atoms with Gasteiger partial charge in [-0.25, -0.2) is 4.98 Å². The lowest BCUT2D eigenvalue weighted by Crippen LogP contribution is -2.23. The SMILES string of the molecule is O=C1NCc2cc3c(cc21)ncn3CCN1CCCC1. The predicted octanol–water partition coefficient (Wildman–Crippen LogP) is 1.38. The number of nitrogens with one attached hydrogen (secondary N) is 1. The van der Waals surface area contributed by atoms with Crippen LogP contribution in [0, 0.1) is 0 Å². The minimum atomic E-state index is 0.0218. The van der Waals surface area contributed by atoms with E-state index in [0.29, 0.717) is 6.54 Å². The lowest BCUT2D eigenvalue weighted by atomic mass is 10.1. The second kappa shape index (κ2) is 4.59. The van der Waals surface area contributed by atoms with Crippen molar-refractivity contribution in [3.63, 3.8) is 0 Å². The van der Waals surface area contributed by atoms with Gasteiger partial charge in [-0.05, 0) is 43.6 Å². The van der Waals surface area contributed by atoms with E-state index in [9.17, 15) is 4.79 Å². The number of likely N-dealkylation sites (tertiary alicyclic amines) is 1. The van der Waals surface area contributed by atoms with Crippen molar-refractivity contribution in [2.45, 2.75) is 25.9 Å². The number of hydrogen-bond donors (Lipinski definition) is 1. The molecule has 0 atom stereocenters. The third-order valence-corrected chi connectivity index (χ3v) is 4.39. The molecular weight excluding hydrogens is 252 g/mol. The first-order valence-corrected chi connectivity index (χ1v) is 7.29. The molecule has 104 valence electrons. The molecule has 4 rings (SSSR count). The average molecular weight is 270 g/mol. The maximum Gasteiger partial charge on any atom is 0.251 e. The van der Waals surface area contributed by atoms with Gasteiger partial charge in [-0.2, -0.15) is 0 Å². The zero-order chi connectivity index (χ0) is 13.5. The molecule has 5 heteroatoms. The minimum Gasteiger partial charge on any atom is -0.348 e. The second-order valence-corrected chi connectivity index (χ2v) is 5.67. The first kappa shape index (κ1) is 11.9. The third kappa shape index (κ3) is 1.89. The van der Waals surface area contributed by atoms with E-state index in [1.165, 1.54) is 25.9 Å². The van der Waals surface area contributed by atoms with Crippen molar-refractivity contribution in [3.05, 3.63) is 29.6 Å². The van der Waals surface area contributed by atoms with Gasteiger partial charge in [0.2, 0.25) is 0 Å². The molecule has 0 bridgehead atoms. The molecule has 1 aromatic heterocycles. The summed E-state index contributed by atoms with van der Waals surface area (Å²) in [7, 11) is 0. The van der Waals surface area contributed by atoms with Crippen LogP contribution in [0.3, 0.4) is 0 Å². The molecule has 1 N–H and O–H groups in total. The maximum atomic E-state index is 11.7. The van der Waals surface area contributed by atoms with Crippen LogP contribution in [0.2, 0.25) is 0 Å². The Balaban J connectivity index is 1.62. The molecule has 1 amide bonds. The van der Waals surface area contributed by atoms with Crippen molar-refractivity contribution in [1.29, 1.82) is 0 Å². The fourth-order valence-electron chi connectivity index (χ4n) is 3.21. The van der Waals surface area contributed by atoms with E-state index < -0.39 is 0 Å². The van der Waals surface area contributed by atoms with Gasteiger partial charge in [0.15, 0.2) is 0 Å². The van der Waals surface area contributed by atoms with E-state index >= 15 is 0 Å². The molecule has 2 aliphatic rings. The largest absolute Gasteiger partial charge is 0.348 e. The van der Waals surface area contributed by atoms with E-state index in [0.717, 1.165) is 35.2 Å². The van der Waals surface area contributed by atoms with Crippen LogP contribution in [0.4, 0.5) is 0 Å². The molecule has 0 spiro atoms. The highest BCUT2D eigenvalue weighted by molar-refractivity contribution is 6.01. The Hall–Kier alpha value is -1.88. The van der Waals surface area contributed by atoms with Gasteiger partial charge in [-0.1, -0.05) is 0 Å². The summed E-state index contributed by atoms with van der Waals surface area (Å²) in [6.07, 6.45) is 4.55. The number of fused-ring (bicyclic) bond motifs is 2. The first-order valence-electron chi connectivity index (χ1n) is 7.29. The van der Waals surface area contributed by atoms with Gasteiger partial charge in [-0.15, -0.1) is 0 Å². The maximum absolute atomic E-state index is 11.7. The number of imidazole rings is 1. The van der Waals surface area contributed by atoms with Gasteiger partial charge in [0.1, 0.15) is 0 Å². The Morgan fingerprint density at radius 3 is 2.90 bits per heavy atom. The van der Waals surface area contributed by atoms with Gasteiger partial charge in [0, 0.05) is 25.2 Å². The summed E-state index contributed by atoms with van der Waals surface area (Å²) in [5, 5.41) is 2.86. The number of amides is 1. The summed E-state index contributed by atoms with van der Waals surface area (Å²) in [6.45, 7) is 5.14. The van der Waals surface area contributed by atoms with Gasteiger partial charge in [0.05, 0.1) is 17.4 Å². The molecule has 1 fully saturated rings. The van der Waals surface area contributed by atoms with Crippen molar-refractivity contribution in [2.75, 3.05) is 19.6 Å². The van der Waals surface area contributed by atoms with Gasteiger partial charge >= 0.3 is 0 Å². The monoisotopic (exact) mass is 270 g/mol. The van der Waals surface area contributed by atoms with E-state index in [1.807, 2.05) is 12.4 Å². The van der Waals surface area contributed by atoms with Gasteiger partial charge in [0.25, 0.3) is 5.91 Å². The zero-order valence-corrected chi connectivity index (χ0v) is 11.4. The Morgan fingerprint density at radius 2 is 2.05 bits per heavy atom. The van der Waals surface area contributed by atoms with Crippen LogP contribution in [0.5, 0.6) is 0 Å². The number of rotatable bonds is 3. The van der Waals surface area contributed by atoms with Crippen molar-refractivity contribution in [1.82, 2.24) is 19.8 Å². The lowest BCUT2D eigenvalue weighted by Gasteiger charge is -2.15. The van der Waals surface area contributed by atoms with Crippen molar-refractivity contribution in [3.8, 4) is 0 Å². The molecular formula is C15H18N4O. The number of benzene rings is 1. The van der Waals surface area contributed by atoms with Crippen LogP contribution in [-0.2, 0) is 13.1 Å². The van der Waals surface area contributed by atoms with Crippen LogP contribution in [0.1, 0.15) is 28.8 Å². The molecule has 2 aromatic rings. The number of nitrogens with zero attached hydrogens (tertiary/aromatic N) is 3. The number of hydrogen-bond acceptors (Lipinski definition) is 3. The van der Waals surface area contributed by atoms with Gasteiger partial charge in [-0.3, -0.25) is 4.79 Å². The molecule has 3 heterocycles. The number of carbonyl (C=O) groups excluding carboxylic acids is 1. The lowest BCUT2D eigenvalue weighted by molar-refractivity contribution is 0.0966. The Bertz CT molecular complexity index is 670. The Morgan fingerprint density at radius 1 is 1.20 bits per heavy atom. The molecule has 5 nitrogen and oxygen atoms in total. The van der Waals surface area contributed by atoms with Crippen LogP contribution in [0.25, 0.3) is 11.0 Å². The highest BCUT2D eigenvalue weighted by Gasteiger charge is 2.20. The first-order chi connectivity index (χ1) is 9.81. The quantitative estimate of drug-likeness (QED) is 0.916. The predicted molar refractivity (Wildman–Crippen MR) is 76.6 cm³/mol. The summed E-state index contributed by atoms with van der Waals surface area (Å²) in [5.41, 5.74) is 3.93. The molecule has 0 radical (unpaired) electrons. The summed E-state index contributed by atoms with van der Waals surface area (Å²) in [4.78, 5) is 18.6. The zero-order valence-electron chi connectivity index (χ0n) is 11.4. The fourth-order valence-corrected chi connectivity index (χ4v) is 3.21. The molecule has 20 heavy (non-hydrogen) atoms. The number of aromatic nitrogens is 2. The standard InChI is InChI=1S/C15H18N4O/c20-15-12-8-13-14(7-11(12)9-16-15)19(10-17-13)6-5-18-3-1-2-4-18/h7-8,10H,1-6,9H2,(H,16,20). The summed E-state index contributed by atoms with van der Waals surface area (Å²) in [5.74, 6) is 0.0218. The van der Waals surface area contributed by atoms with Gasteiger partial charge < -0.3 is 14.8 Å². The van der Waals surface area contributed by atoms with Crippen LogP contribution in [0.15, 0.2) is 18.5 Å². The normalized spacial score (nSPS) is 18.7. The molecule has 1 aromatic carbocycles. The molecule has 2 aliphatic heterocycles. The van der Waals surface area contributed by atoms with Crippen molar-refractivity contribution >= 4 is 16.9 Å². The minimum absolute atomic E-state index is 0.0218. The Labute approximate surface area is 117 Å². The second-order valence-electron chi connectivity index (χ2n) is 5.67. The topological polar surface area (TPSA) is 50.2 Å². The Kier molecular flexibility index (Phi) is 2.73. The van der Waals surface area contributed by atoms with E-state index in [1.54, 1.807) is 0 Å². The average Bonchev–Trinajstić information content (AvgIpc) is 3.16. The molecule has 0 saturated carbocycles. The number of carbonyl (C=O) groups is 1. The van der Waals surface area contributed by atoms with Crippen LogP contribution < -0.4 is 5.32 Å². The third-order valence-electron chi connectivity index (χ3n) is 4.39. The summed E-state index contributed by atoms with van der Waals surface area (Å²) in [6, 6.07) is 4.03. The smallest absolute Gasteiger partial charge is 0.251 e. The summed E-state index contributed by atoms with van der Waals surface area (Å²) < 4.78 is 2.21. The highest BCUT2D eigenvalue weighted by Crippen LogP contribution is 2.23. The molecule has 1 saturated heterocycles. The van der Waals surface area contributed by atoms with Crippen LogP contribution >= 0.6 is 0 Å². The van der Waals surface area contributed by atoms with E-state index in [4.69, 9.17) is 0 Å². The van der Waals surface area contributed by atoms with Crippen LogP contribution in [-0.4, -0.2) is 40.0 Å². The molecule has 0 aliphatic carbocycles. The van der Waals surface area contributed by atoms with E-state index in [-0.39, 0.29) is 5.91 Å². The highest BCUT2D eigenvalue weighted by atomic mass is 16.1. The molecule has 0 unspecified atom stereocenters. The van der Waals surface area contributed by atoms with Crippen molar-refractivity contribution < 1.29 is 4.79 Å². The van der Waals surface area contributed by atoms with Crippen molar-refractivity contribution in [2.24, 2.45) is 0 Å². The fraction of sp³-hybridized carbons (Fsp3) is 0.467. The summed E-state index contributed by atoms with van der Waals surface area (Å²) >= 11 is 0.